The van der Waals surface area contributed by atoms with Crippen LogP contribution in [0.5, 0.6) is 5.75 Å². The monoisotopic (exact) mass is 374 g/mol. The van der Waals surface area contributed by atoms with E-state index < -0.39 is 3.79 Å². The van der Waals surface area contributed by atoms with Crippen molar-refractivity contribution in [1.29, 1.82) is 0 Å². The van der Waals surface area contributed by atoms with E-state index in [-0.39, 0.29) is 0 Å². The molecule has 23 heavy (non-hydrogen) atoms. The lowest BCUT2D eigenvalue weighted by atomic mass is 10.2. The number of ether oxygens (including phenoxy) is 2. The van der Waals surface area contributed by atoms with Gasteiger partial charge in [0.05, 0.1) is 24.4 Å². The largest absolute Gasteiger partial charge is 0.491 e. The molecular formula is C16H17Cl3N2O2. The zero-order valence-electron chi connectivity index (χ0n) is 12.5. The molecule has 124 valence electrons. The molecule has 0 radical (unpaired) electrons. The van der Waals surface area contributed by atoms with E-state index in [1.807, 2.05) is 24.3 Å². The van der Waals surface area contributed by atoms with E-state index in [2.05, 4.69) is 9.88 Å². The predicted molar refractivity (Wildman–Crippen MR) is 93.7 cm³/mol. The number of aromatic nitrogens is 1. The number of fused-ring (bicyclic) bond motifs is 1. The Kier molecular flexibility index (Phi) is 5.49. The number of hydrogen-bond donors (Lipinski definition) is 0. The highest BCUT2D eigenvalue weighted by atomic mass is 35.6. The standard InChI is InChI=1S/C16H17Cl3N2O2/c17-16(18,19)15-11-14(12-3-1-2-4-13(12)20-15)23-10-7-21-5-8-22-9-6-21/h1-4,11H,5-10H2. The van der Waals surface area contributed by atoms with Crippen molar-refractivity contribution in [2.45, 2.75) is 3.79 Å². The van der Waals surface area contributed by atoms with Gasteiger partial charge in [0, 0.05) is 31.1 Å². The van der Waals surface area contributed by atoms with Crippen LogP contribution >= 0.6 is 34.8 Å². The maximum Gasteiger partial charge on any atom is 0.232 e. The summed E-state index contributed by atoms with van der Waals surface area (Å²) in [5, 5.41) is 0.910. The van der Waals surface area contributed by atoms with Gasteiger partial charge in [0.1, 0.15) is 12.4 Å². The molecule has 1 aliphatic heterocycles. The smallest absolute Gasteiger partial charge is 0.232 e. The Morgan fingerprint density at radius 2 is 1.91 bits per heavy atom. The number of alkyl halides is 3. The Morgan fingerprint density at radius 1 is 1.17 bits per heavy atom. The van der Waals surface area contributed by atoms with Gasteiger partial charge < -0.3 is 9.47 Å². The number of benzene rings is 1. The number of halogens is 3. The first-order chi connectivity index (χ1) is 11.0. The fourth-order valence-corrected chi connectivity index (χ4v) is 2.81. The molecule has 1 fully saturated rings. The third-order valence-electron chi connectivity index (χ3n) is 3.74. The molecule has 1 aliphatic rings. The van der Waals surface area contributed by atoms with Gasteiger partial charge in [-0.1, -0.05) is 46.9 Å². The van der Waals surface area contributed by atoms with Gasteiger partial charge in [-0.15, -0.1) is 0 Å². The molecule has 0 amide bonds. The van der Waals surface area contributed by atoms with E-state index in [1.165, 1.54) is 0 Å². The number of nitrogens with zero attached hydrogens (tertiary/aromatic N) is 2. The van der Waals surface area contributed by atoms with Crippen molar-refractivity contribution in [3.8, 4) is 5.75 Å². The van der Waals surface area contributed by atoms with Crippen LogP contribution in [0.3, 0.4) is 0 Å². The summed E-state index contributed by atoms with van der Waals surface area (Å²) in [5.41, 5.74) is 1.11. The van der Waals surface area contributed by atoms with Crippen molar-refractivity contribution in [2.75, 3.05) is 39.5 Å². The van der Waals surface area contributed by atoms with Gasteiger partial charge in [-0.3, -0.25) is 4.90 Å². The third-order valence-corrected chi connectivity index (χ3v) is 4.32. The molecule has 4 nitrogen and oxygen atoms in total. The Bertz CT molecular complexity index is 670. The number of hydrogen-bond acceptors (Lipinski definition) is 4. The van der Waals surface area contributed by atoms with Gasteiger partial charge in [-0.2, -0.15) is 0 Å². The molecule has 0 saturated carbocycles. The van der Waals surface area contributed by atoms with Crippen LogP contribution < -0.4 is 4.74 Å². The summed E-state index contributed by atoms with van der Waals surface area (Å²) in [6, 6.07) is 9.37. The van der Waals surface area contributed by atoms with Crippen LogP contribution in [0.1, 0.15) is 5.69 Å². The fourth-order valence-electron chi connectivity index (χ4n) is 2.52. The number of morpholine rings is 1. The topological polar surface area (TPSA) is 34.6 Å². The van der Waals surface area contributed by atoms with E-state index in [9.17, 15) is 0 Å². The quantitative estimate of drug-likeness (QED) is 0.762. The normalized spacial score (nSPS) is 16.7. The average molecular weight is 376 g/mol. The summed E-state index contributed by atoms with van der Waals surface area (Å²) in [5.74, 6) is 0.685. The van der Waals surface area contributed by atoms with Crippen molar-refractivity contribution in [3.05, 3.63) is 36.0 Å². The van der Waals surface area contributed by atoms with Crippen molar-refractivity contribution >= 4 is 45.7 Å². The van der Waals surface area contributed by atoms with Crippen LogP contribution in [0.25, 0.3) is 10.9 Å². The molecule has 2 aromatic rings. The molecule has 2 heterocycles. The highest BCUT2D eigenvalue weighted by molar-refractivity contribution is 6.66. The highest BCUT2D eigenvalue weighted by Crippen LogP contribution is 2.40. The Morgan fingerprint density at radius 3 is 2.65 bits per heavy atom. The van der Waals surface area contributed by atoms with Crippen molar-refractivity contribution in [2.24, 2.45) is 0 Å². The maximum atomic E-state index is 5.98. The molecule has 0 spiro atoms. The molecule has 1 saturated heterocycles. The molecule has 0 aliphatic carbocycles. The van der Waals surface area contributed by atoms with Crippen molar-refractivity contribution < 1.29 is 9.47 Å². The number of rotatable bonds is 4. The van der Waals surface area contributed by atoms with E-state index in [0.29, 0.717) is 18.1 Å². The predicted octanol–water partition coefficient (Wildman–Crippen LogP) is 3.77. The van der Waals surface area contributed by atoms with Crippen LogP contribution in [0.15, 0.2) is 30.3 Å². The lowest BCUT2D eigenvalue weighted by Gasteiger charge is -2.26. The molecule has 0 bridgehead atoms. The summed E-state index contributed by atoms with van der Waals surface area (Å²) in [6.45, 7) is 4.81. The molecule has 1 aromatic carbocycles. The van der Waals surface area contributed by atoms with Gasteiger partial charge >= 0.3 is 0 Å². The SMILES string of the molecule is ClC(Cl)(Cl)c1cc(OCCN2CCOCC2)c2ccccc2n1. The number of para-hydroxylation sites is 1. The average Bonchev–Trinajstić information content (AvgIpc) is 2.55. The van der Waals surface area contributed by atoms with Crippen LogP contribution in [0.4, 0.5) is 0 Å². The zero-order valence-corrected chi connectivity index (χ0v) is 14.7. The minimum atomic E-state index is -1.58. The molecule has 7 heteroatoms. The lowest BCUT2D eigenvalue weighted by Crippen LogP contribution is -2.38. The summed E-state index contributed by atoms with van der Waals surface area (Å²) >= 11 is 17.9. The molecule has 1 aromatic heterocycles. The first kappa shape index (κ1) is 17.1. The van der Waals surface area contributed by atoms with E-state index in [0.717, 1.165) is 43.8 Å². The second kappa shape index (κ2) is 7.41. The van der Waals surface area contributed by atoms with Gasteiger partial charge in [-0.05, 0) is 12.1 Å². The van der Waals surface area contributed by atoms with E-state index in [1.54, 1.807) is 6.07 Å². The molecule has 0 N–H and O–H groups in total. The summed E-state index contributed by atoms with van der Waals surface area (Å²) in [6.07, 6.45) is 0. The zero-order chi connectivity index (χ0) is 16.3. The summed E-state index contributed by atoms with van der Waals surface area (Å²) in [4.78, 5) is 6.71. The second-order valence-electron chi connectivity index (χ2n) is 5.32. The van der Waals surface area contributed by atoms with Gasteiger partial charge in [-0.25, -0.2) is 4.98 Å². The van der Waals surface area contributed by atoms with Crippen LogP contribution in [-0.4, -0.2) is 49.3 Å². The maximum absolute atomic E-state index is 5.98. The minimum absolute atomic E-state index is 0.363. The van der Waals surface area contributed by atoms with E-state index in [4.69, 9.17) is 44.3 Å². The Labute approximate surface area is 150 Å². The van der Waals surface area contributed by atoms with Crippen LogP contribution in [0.2, 0.25) is 0 Å². The minimum Gasteiger partial charge on any atom is -0.491 e. The first-order valence-electron chi connectivity index (χ1n) is 7.44. The molecule has 3 rings (SSSR count). The Hall–Kier alpha value is -0.780. The Balaban J connectivity index is 1.78. The van der Waals surface area contributed by atoms with Crippen LogP contribution in [0, 0.1) is 0 Å². The first-order valence-corrected chi connectivity index (χ1v) is 8.57. The van der Waals surface area contributed by atoms with Crippen molar-refractivity contribution in [1.82, 2.24) is 9.88 Å². The highest BCUT2D eigenvalue weighted by Gasteiger charge is 2.26. The fraction of sp³-hybridized carbons (Fsp3) is 0.438. The summed E-state index contributed by atoms with van der Waals surface area (Å²) < 4.78 is 9.72. The molecule has 0 unspecified atom stereocenters. The molecular weight excluding hydrogens is 359 g/mol. The summed E-state index contributed by atoms with van der Waals surface area (Å²) in [7, 11) is 0. The lowest BCUT2D eigenvalue weighted by molar-refractivity contribution is 0.0323. The third kappa shape index (κ3) is 4.40. The van der Waals surface area contributed by atoms with Gasteiger partial charge in [0.25, 0.3) is 0 Å². The van der Waals surface area contributed by atoms with E-state index >= 15 is 0 Å². The van der Waals surface area contributed by atoms with Gasteiger partial charge in [0.15, 0.2) is 0 Å². The van der Waals surface area contributed by atoms with Crippen LogP contribution in [-0.2, 0) is 8.53 Å². The number of pyridine rings is 1. The molecule has 0 atom stereocenters. The van der Waals surface area contributed by atoms with Gasteiger partial charge in [0.2, 0.25) is 3.79 Å². The van der Waals surface area contributed by atoms with Crippen molar-refractivity contribution in [3.63, 3.8) is 0 Å². The second-order valence-corrected chi connectivity index (χ2v) is 7.60.